The third-order valence-electron chi connectivity index (χ3n) is 2.71. The number of benzene rings is 1. The summed E-state index contributed by atoms with van der Waals surface area (Å²) in [4.78, 5) is 8.71. The van der Waals surface area contributed by atoms with Crippen LogP contribution in [0.3, 0.4) is 0 Å². The lowest BCUT2D eigenvalue weighted by Crippen LogP contribution is -1.96. The van der Waals surface area contributed by atoms with E-state index >= 15 is 0 Å². The predicted octanol–water partition coefficient (Wildman–Crippen LogP) is 3.27. The highest BCUT2D eigenvalue weighted by Gasteiger charge is 2.08. The second-order valence-electron chi connectivity index (χ2n) is 3.95. The first-order valence-electron chi connectivity index (χ1n) is 5.88. The Morgan fingerprint density at radius 1 is 1.17 bits per heavy atom. The van der Waals surface area contributed by atoms with E-state index < -0.39 is 0 Å². The van der Waals surface area contributed by atoms with Gasteiger partial charge in [-0.2, -0.15) is 0 Å². The molecule has 0 spiro atoms. The zero-order chi connectivity index (χ0) is 12.8. The summed E-state index contributed by atoms with van der Waals surface area (Å²) in [5, 5.41) is 0. The van der Waals surface area contributed by atoms with Crippen molar-refractivity contribution in [2.75, 3.05) is 7.11 Å². The van der Waals surface area contributed by atoms with Crippen LogP contribution in [0.15, 0.2) is 53.7 Å². The summed E-state index contributed by atoms with van der Waals surface area (Å²) in [6.45, 7) is 2.04. The number of ether oxygens (including phenoxy) is 1. The molecule has 2 rings (SSSR count). The first kappa shape index (κ1) is 12.3. The molecule has 3 heteroatoms. The van der Waals surface area contributed by atoms with Crippen LogP contribution in [0.25, 0.3) is 0 Å². The Morgan fingerprint density at radius 2 is 1.94 bits per heavy atom. The second-order valence-corrected chi connectivity index (χ2v) is 3.95. The predicted molar refractivity (Wildman–Crippen MR) is 73.2 cm³/mol. The number of methoxy groups -OCH3 is 1. The summed E-state index contributed by atoms with van der Waals surface area (Å²) >= 11 is 0. The van der Waals surface area contributed by atoms with Crippen molar-refractivity contribution in [3.63, 3.8) is 0 Å². The number of para-hydroxylation sites is 1. The Kier molecular flexibility index (Phi) is 4.07. The molecule has 0 N–H and O–H groups in total. The molecule has 1 aromatic carbocycles. The van der Waals surface area contributed by atoms with E-state index in [0.29, 0.717) is 0 Å². The molecule has 0 saturated heterocycles. The number of nitrogens with zero attached hydrogens (tertiary/aromatic N) is 2. The smallest absolute Gasteiger partial charge is 0.124 e. The van der Waals surface area contributed by atoms with Gasteiger partial charge in [0.1, 0.15) is 5.75 Å². The van der Waals surface area contributed by atoms with E-state index in [0.717, 1.165) is 17.0 Å². The minimum absolute atomic E-state index is 0.0446. The molecule has 0 amide bonds. The van der Waals surface area contributed by atoms with Crippen LogP contribution in [0, 0.1) is 0 Å². The maximum atomic E-state index is 5.33. The highest BCUT2D eigenvalue weighted by Crippen LogP contribution is 2.26. The molecular formula is C15H16N2O. The van der Waals surface area contributed by atoms with Crippen molar-refractivity contribution in [3.8, 4) is 5.75 Å². The number of pyridine rings is 1. The van der Waals surface area contributed by atoms with Gasteiger partial charge in [0.2, 0.25) is 0 Å². The third-order valence-corrected chi connectivity index (χ3v) is 2.71. The summed E-state index contributed by atoms with van der Waals surface area (Å²) in [7, 11) is 1.67. The van der Waals surface area contributed by atoms with Gasteiger partial charge >= 0.3 is 0 Å². The maximum absolute atomic E-state index is 5.33. The normalized spacial score (nSPS) is 12.6. The highest BCUT2D eigenvalue weighted by atomic mass is 16.5. The first-order valence-corrected chi connectivity index (χ1v) is 5.88. The molecular weight excluding hydrogens is 224 g/mol. The van der Waals surface area contributed by atoms with E-state index in [1.807, 2.05) is 49.4 Å². The van der Waals surface area contributed by atoms with Gasteiger partial charge < -0.3 is 4.74 Å². The minimum atomic E-state index is 0.0446. The zero-order valence-electron chi connectivity index (χ0n) is 10.6. The molecule has 1 heterocycles. The average Bonchev–Trinajstić information content (AvgIpc) is 2.45. The molecule has 1 aromatic heterocycles. The van der Waals surface area contributed by atoms with Crippen LogP contribution in [-0.2, 0) is 0 Å². The summed E-state index contributed by atoms with van der Waals surface area (Å²) in [6.07, 6.45) is 3.55. The van der Waals surface area contributed by atoms with Gasteiger partial charge in [-0.3, -0.25) is 9.98 Å². The van der Waals surface area contributed by atoms with Crippen molar-refractivity contribution in [1.82, 2.24) is 4.98 Å². The van der Waals surface area contributed by atoms with Crippen molar-refractivity contribution in [1.29, 1.82) is 0 Å². The molecule has 1 unspecified atom stereocenters. The largest absolute Gasteiger partial charge is 0.496 e. The van der Waals surface area contributed by atoms with Gasteiger partial charge in [0.25, 0.3) is 0 Å². The molecule has 18 heavy (non-hydrogen) atoms. The molecule has 0 aliphatic rings. The van der Waals surface area contributed by atoms with Crippen LogP contribution in [-0.4, -0.2) is 18.3 Å². The minimum Gasteiger partial charge on any atom is -0.496 e. The van der Waals surface area contributed by atoms with Crippen LogP contribution >= 0.6 is 0 Å². The van der Waals surface area contributed by atoms with E-state index in [1.54, 1.807) is 19.5 Å². The quantitative estimate of drug-likeness (QED) is 0.769. The topological polar surface area (TPSA) is 34.5 Å². The van der Waals surface area contributed by atoms with Crippen molar-refractivity contribution in [2.24, 2.45) is 4.99 Å². The van der Waals surface area contributed by atoms with Crippen molar-refractivity contribution < 1.29 is 4.74 Å². The number of hydrogen-bond acceptors (Lipinski definition) is 3. The van der Waals surface area contributed by atoms with E-state index in [2.05, 4.69) is 9.98 Å². The van der Waals surface area contributed by atoms with E-state index in [1.165, 1.54) is 0 Å². The average molecular weight is 240 g/mol. The molecule has 0 fully saturated rings. The van der Waals surface area contributed by atoms with Crippen molar-refractivity contribution in [2.45, 2.75) is 13.0 Å². The number of aliphatic imine (C=N–C) groups is 1. The van der Waals surface area contributed by atoms with E-state index in [4.69, 9.17) is 4.74 Å². The summed E-state index contributed by atoms with van der Waals surface area (Å²) in [5.41, 5.74) is 1.94. The van der Waals surface area contributed by atoms with Crippen molar-refractivity contribution in [3.05, 3.63) is 59.9 Å². The molecule has 1 atom stereocenters. The Balaban J connectivity index is 2.17. The van der Waals surface area contributed by atoms with E-state index in [9.17, 15) is 0 Å². The molecule has 0 radical (unpaired) electrons. The molecule has 3 nitrogen and oxygen atoms in total. The fourth-order valence-corrected chi connectivity index (χ4v) is 1.73. The van der Waals surface area contributed by atoms with Gasteiger partial charge in [0, 0.05) is 18.0 Å². The lowest BCUT2D eigenvalue weighted by molar-refractivity contribution is 0.407. The standard InChI is InChI=1S/C15H16N2O/c1-12(14-8-3-4-9-15(14)18-2)17-11-13-7-5-6-10-16-13/h3-12H,1-2H3. The Morgan fingerprint density at radius 3 is 2.67 bits per heavy atom. The summed E-state index contributed by atoms with van der Waals surface area (Å²) < 4.78 is 5.33. The maximum Gasteiger partial charge on any atom is 0.124 e. The highest BCUT2D eigenvalue weighted by molar-refractivity contribution is 5.76. The van der Waals surface area contributed by atoms with Crippen LogP contribution in [0.1, 0.15) is 24.2 Å². The van der Waals surface area contributed by atoms with Crippen LogP contribution in [0.4, 0.5) is 0 Å². The van der Waals surface area contributed by atoms with Crippen LogP contribution in [0.2, 0.25) is 0 Å². The van der Waals surface area contributed by atoms with Gasteiger partial charge in [0.05, 0.1) is 18.8 Å². The van der Waals surface area contributed by atoms with Crippen molar-refractivity contribution >= 4 is 6.21 Å². The molecule has 0 saturated carbocycles. The fourth-order valence-electron chi connectivity index (χ4n) is 1.73. The summed E-state index contributed by atoms with van der Waals surface area (Å²) in [6, 6.07) is 13.7. The van der Waals surface area contributed by atoms with Gasteiger partial charge in [-0.1, -0.05) is 24.3 Å². The lowest BCUT2D eigenvalue weighted by atomic mass is 10.1. The third kappa shape index (κ3) is 2.94. The Hall–Kier alpha value is -2.16. The number of rotatable bonds is 4. The molecule has 0 bridgehead atoms. The number of hydrogen-bond donors (Lipinski definition) is 0. The zero-order valence-corrected chi connectivity index (χ0v) is 10.6. The first-order chi connectivity index (χ1) is 8.81. The molecule has 92 valence electrons. The van der Waals surface area contributed by atoms with Crippen LogP contribution < -0.4 is 4.74 Å². The Bertz CT molecular complexity index is 523. The lowest BCUT2D eigenvalue weighted by Gasteiger charge is -2.11. The fraction of sp³-hybridized carbons (Fsp3) is 0.200. The van der Waals surface area contributed by atoms with Gasteiger partial charge in [-0.25, -0.2) is 0 Å². The molecule has 0 aliphatic heterocycles. The second kappa shape index (κ2) is 5.96. The SMILES string of the molecule is COc1ccccc1C(C)N=Cc1ccccn1. The Labute approximate surface area is 107 Å². The molecule has 0 aliphatic carbocycles. The van der Waals surface area contributed by atoms with Gasteiger partial charge in [0.15, 0.2) is 0 Å². The van der Waals surface area contributed by atoms with Crippen LogP contribution in [0.5, 0.6) is 5.75 Å². The summed E-state index contributed by atoms with van der Waals surface area (Å²) in [5.74, 6) is 0.864. The van der Waals surface area contributed by atoms with E-state index in [-0.39, 0.29) is 6.04 Å². The van der Waals surface area contributed by atoms with Gasteiger partial charge in [-0.05, 0) is 25.1 Å². The molecule has 2 aromatic rings. The van der Waals surface area contributed by atoms with Gasteiger partial charge in [-0.15, -0.1) is 0 Å². The monoisotopic (exact) mass is 240 g/mol. The number of aromatic nitrogens is 1.